The lowest BCUT2D eigenvalue weighted by molar-refractivity contribution is -0.146. The molecule has 1 aromatic rings. The molecular formula is C13H16O3. The summed E-state index contributed by atoms with van der Waals surface area (Å²) in [5.74, 6) is 0.0191. The maximum Gasteiger partial charge on any atom is 0.345 e. The molecule has 0 bridgehead atoms. The highest BCUT2D eigenvalue weighted by molar-refractivity contribution is 5.73. The van der Waals surface area contributed by atoms with Crippen molar-refractivity contribution < 1.29 is 14.6 Å². The van der Waals surface area contributed by atoms with Crippen LogP contribution in [0.2, 0.25) is 0 Å². The Bertz CT molecular complexity index is 408. The van der Waals surface area contributed by atoms with Crippen LogP contribution in [0.1, 0.15) is 24.0 Å². The first-order valence-corrected chi connectivity index (χ1v) is 5.54. The van der Waals surface area contributed by atoms with Crippen molar-refractivity contribution in [1.29, 1.82) is 0 Å². The number of rotatable bonds is 4. The van der Waals surface area contributed by atoms with E-state index < -0.39 is 12.1 Å². The normalized spacial score (nSPS) is 16.9. The zero-order chi connectivity index (χ0) is 11.7. The van der Waals surface area contributed by atoms with Crippen LogP contribution >= 0.6 is 0 Å². The molecule has 1 aliphatic carbocycles. The largest absolute Gasteiger partial charge is 0.478 e. The van der Waals surface area contributed by atoms with Crippen molar-refractivity contribution in [2.45, 2.75) is 32.8 Å². The van der Waals surface area contributed by atoms with Gasteiger partial charge in [0.25, 0.3) is 0 Å². The molecule has 16 heavy (non-hydrogen) atoms. The Morgan fingerprint density at radius 2 is 2.12 bits per heavy atom. The van der Waals surface area contributed by atoms with E-state index in [0.29, 0.717) is 5.75 Å². The molecule has 1 aliphatic rings. The standard InChI is InChI=1S/C13H16O3/c1-8-3-6-11(9(2)7-8)16-12(13(14)15)10-4-5-10/h3,6-7,10,12H,4-5H2,1-2H3,(H,14,15). The molecule has 1 saturated carbocycles. The Hall–Kier alpha value is -1.51. The fourth-order valence-electron chi connectivity index (χ4n) is 1.82. The number of benzene rings is 1. The number of aryl methyl sites for hydroxylation is 2. The Morgan fingerprint density at radius 1 is 1.44 bits per heavy atom. The molecule has 0 heterocycles. The maximum absolute atomic E-state index is 11.0. The lowest BCUT2D eigenvalue weighted by Crippen LogP contribution is -2.29. The van der Waals surface area contributed by atoms with Gasteiger partial charge >= 0.3 is 5.97 Å². The summed E-state index contributed by atoms with van der Waals surface area (Å²) in [6.45, 7) is 3.94. The number of carboxylic acid groups (broad SMARTS) is 1. The van der Waals surface area contributed by atoms with E-state index in [1.807, 2.05) is 32.0 Å². The predicted molar refractivity (Wildman–Crippen MR) is 60.7 cm³/mol. The van der Waals surface area contributed by atoms with E-state index in [1.165, 1.54) is 0 Å². The molecular weight excluding hydrogens is 204 g/mol. The number of hydrogen-bond donors (Lipinski definition) is 1. The third kappa shape index (κ3) is 2.35. The van der Waals surface area contributed by atoms with Crippen LogP contribution in [-0.2, 0) is 4.79 Å². The van der Waals surface area contributed by atoms with Gasteiger partial charge in [0.15, 0.2) is 6.10 Å². The SMILES string of the molecule is Cc1ccc(OC(C(=O)O)C2CC2)c(C)c1. The van der Waals surface area contributed by atoms with Gasteiger partial charge in [-0.05, 0) is 38.3 Å². The van der Waals surface area contributed by atoms with Crippen molar-refractivity contribution in [3.05, 3.63) is 29.3 Å². The van der Waals surface area contributed by atoms with E-state index in [9.17, 15) is 4.79 Å². The van der Waals surface area contributed by atoms with Crippen molar-refractivity contribution in [2.24, 2.45) is 5.92 Å². The van der Waals surface area contributed by atoms with Crippen molar-refractivity contribution in [1.82, 2.24) is 0 Å². The summed E-state index contributed by atoms with van der Waals surface area (Å²) in [5.41, 5.74) is 2.15. The van der Waals surface area contributed by atoms with E-state index in [-0.39, 0.29) is 5.92 Å². The smallest absolute Gasteiger partial charge is 0.345 e. The summed E-state index contributed by atoms with van der Waals surface area (Å²) >= 11 is 0. The minimum atomic E-state index is -0.859. The molecule has 1 N–H and O–H groups in total. The van der Waals surface area contributed by atoms with E-state index in [0.717, 1.165) is 24.0 Å². The van der Waals surface area contributed by atoms with Crippen molar-refractivity contribution in [2.75, 3.05) is 0 Å². The molecule has 3 nitrogen and oxygen atoms in total. The molecule has 1 unspecified atom stereocenters. The zero-order valence-electron chi connectivity index (χ0n) is 9.56. The van der Waals surface area contributed by atoms with E-state index >= 15 is 0 Å². The molecule has 0 spiro atoms. The molecule has 2 rings (SSSR count). The molecule has 1 aromatic carbocycles. The Balaban J connectivity index is 2.15. The predicted octanol–water partition coefficient (Wildman–Crippen LogP) is 2.55. The van der Waals surface area contributed by atoms with Crippen LogP contribution in [0, 0.1) is 19.8 Å². The number of carbonyl (C=O) groups is 1. The number of carboxylic acids is 1. The molecule has 0 radical (unpaired) electrons. The molecule has 0 aromatic heterocycles. The third-order valence-electron chi connectivity index (χ3n) is 2.88. The summed E-state index contributed by atoms with van der Waals surface area (Å²) in [7, 11) is 0. The second-order valence-electron chi connectivity index (χ2n) is 4.48. The van der Waals surface area contributed by atoms with Crippen LogP contribution in [0.15, 0.2) is 18.2 Å². The second-order valence-corrected chi connectivity index (χ2v) is 4.48. The van der Waals surface area contributed by atoms with Gasteiger partial charge in [0.05, 0.1) is 0 Å². The first kappa shape index (κ1) is 11.0. The van der Waals surface area contributed by atoms with Crippen molar-refractivity contribution >= 4 is 5.97 Å². The van der Waals surface area contributed by atoms with Gasteiger partial charge in [-0.25, -0.2) is 4.79 Å². The minimum absolute atomic E-state index is 0.193. The lowest BCUT2D eigenvalue weighted by atomic mass is 10.1. The van der Waals surface area contributed by atoms with Gasteiger partial charge in [0.1, 0.15) is 5.75 Å². The van der Waals surface area contributed by atoms with Crippen molar-refractivity contribution in [3.8, 4) is 5.75 Å². The average Bonchev–Trinajstić information content (AvgIpc) is 2.99. The fourth-order valence-corrected chi connectivity index (χ4v) is 1.82. The number of ether oxygens (including phenoxy) is 1. The molecule has 1 fully saturated rings. The topological polar surface area (TPSA) is 46.5 Å². The van der Waals surface area contributed by atoms with Gasteiger partial charge in [-0.1, -0.05) is 17.7 Å². The van der Waals surface area contributed by atoms with Gasteiger partial charge in [0.2, 0.25) is 0 Å². The molecule has 1 atom stereocenters. The van der Waals surface area contributed by atoms with Crippen LogP contribution in [0.4, 0.5) is 0 Å². The van der Waals surface area contributed by atoms with Crippen LogP contribution in [0.3, 0.4) is 0 Å². The lowest BCUT2D eigenvalue weighted by Gasteiger charge is -2.16. The first-order valence-electron chi connectivity index (χ1n) is 5.54. The third-order valence-corrected chi connectivity index (χ3v) is 2.88. The van der Waals surface area contributed by atoms with Crippen LogP contribution < -0.4 is 4.74 Å². The highest BCUT2D eigenvalue weighted by Crippen LogP contribution is 2.35. The highest BCUT2D eigenvalue weighted by Gasteiger charge is 2.38. The van der Waals surface area contributed by atoms with Crippen LogP contribution in [0.25, 0.3) is 0 Å². The minimum Gasteiger partial charge on any atom is -0.478 e. The summed E-state index contributed by atoms with van der Waals surface area (Å²) in [6, 6.07) is 5.79. The van der Waals surface area contributed by atoms with Crippen LogP contribution in [-0.4, -0.2) is 17.2 Å². The van der Waals surface area contributed by atoms with Gasteiger partial charge in [0, 0.05) is 5.92 Å². The second kappa shape index (κ2) is 4.16. The van der Waals surface area contributed by atoms with E-state index in [1.54, 1.807) is 0 Å². The summed E-state index contributed by atoms with van der Waals surface area (Å²) in [6.07, 6.45) is 1.24. The summed E-state index contributed by atoms with van der Waals surface area (Å²) < 4.78 is 5.59. The monoisotopic (exact) mass is 220 g/mol. The molecule has 86 valence electrons. The van der Waals surface area contributed by atoms with Gasteiger partial charge in [-0.2, -0.15) is 0 Å². The Morgan fingerprint density at radius 3 is 2.62 bits per heavy atom. The van der Waals surface area contributed by atoms with E-state index in [2.05, 4.69) is 0 Å². The van der Waals surface area contributed by atoms with Gasteiger partial charge < -0.3 is 9.84 Å². The van der Waals surface area contributed by atoms with Gasteiger partial charge in [-0.15, -0.1) is 0 Å². The van der Waals surface area contributed by atoms with E-state index in [4.69, 9.17) is 9.84 Å². The Labute approximate surface area is 95.0 Å². The first-order chi connectivity index (χ1) is 7.58. The number of aliphatic carboxylic acids is 1. The Kier molecular flexibility index (Phi) is 2.86. The van der Waals surface area contributed by atoms with Gasteiger partial charge in [-0.3, -0.25) is 0 Å². The van der Waals surface area contributed by atoms with Crippen molar-refractivity contribution in [3.63, 3.8) is 0 Å². The molecule has 0 saturated heterocycles. The average molecular weight is 220 g/mol. The molecule has 0 amide bonds. The molecule has 0 aliphatic heterocycles. The zero-order valence-corrected chi connectivity index (χ0v) is 9.56. The maximum atomic E-state index is 11.0. The quantitative estimate of drug-likeness (QED) is 0.848. The highest BCUT2D eigenvalue weighted by atomic mass is 16.5. The summed E-state index contributed by atoms with van der Waals surface area (Å²) in [5, 5.41) is 9.07. The van der Waals surface area contributed by atoms with Crippen LogP contribution in [0.5, 0.6) is 5.75 Å². The fraction of sp³-hybridized carbons (Fsp3) is 0.462. The molecule has 3 heteroatoms. The number of hydrogen-bond acceptors (Lipinski definition) is 2. The summed E-state index contributed by atoms with van der Waals surface area (Å²) in [4.78, 5) is 11.0.